The van der Waals surface area contributed by atoms with Crippen LogP contribution >= 0.6 is 0 Å². The van der Waals surface area contributed by atoms with Gasteiger partial charge in [0.2, 0.25) is 0 Å². The third-order valence-corrected chi connectivity index (χ3v) is 4.87. The third-order valence-electron chi connectivity index (χ3n) is 4.87. The first kappa shape index (κ1) is 18.7. The first-order valence-electron chi connectivity index (χ1n) is 9.44. The average Bonchev–Trinajstić information content (AvgIpc) is 3.16. The Morgan fingerprint density at radius 2 is 1.79 bits per heavy atom. The van der Waals surface area contributed by atoms with Crippen LogP contribution in [-0.2, 0) is 11.2 Å². The predicted molar refractivity (Wildman–Crippen MR) is 108 cm³/mol. The highest BCUT2D eigenvalue weighted by Gasteiger charge is 2.35. The molecular weight excluding hydrogens is 370 g/mol. The average molecular weight is 391 g/mol. The molecule has 0 saturated carbocycles. The van der Waals surface area contributed by atoms with Crippen LogP contribution in [0.15, 0.2) is 54.6 Å². The summed E-state index contributed by atoms with van der Waals surface area (Å²) in [7, 11) is 1.60. The van der Waals surface area contributed by atoms with E-state index in [1.165, 1.54) is 0 Å². The largest absolute Gasteiger partial charge is 0.497 e. The maximum atomic E-state index is 13.4. The number of hydrogen-bond acceptors (Lipinski definition) is 5. The monoisotopic (exact) mass is 391 g/mol. The lowest BCUT2D eigenvalue weighted by atomic mass is 10.0. The molecule has 7 heteroatoms. The summed E-state index contributed by atoms with van der Waals surface area (Å²) in [4.78, 5) is 27.6. The zero-order chi connectivity index (χ0) is 20.4. The maximum Gasteiger partial charge on any atom is 0.359 e. The lowest BCUT2D eigenvalue weighted by molar-refractivity contribution is 0.0517. The van der Waals surface area contributed by atoms with Gasteiger partial charge >= 0.3 is 5.97 Å². The van der Waals surface area contributed by atoms with Crippen molar-refractivity contribution in [3.05, 3.63) is 71.5 Å². The smallest absolute Gasteiger partial charge is 0.359 e. The van der Waals surface area contributed by atoms with Crippen LogP contribution in [-0.4, -0.2) is 41.9 Å². The molecule has 0 aliphatic carbocycles. The number of carbonyl (C=O) groups is 2. The summed E-state index contributed by atoms with van der Waals surface area (Å²) in [5.41, 5.74) is 2.70. The van der Waals surface area contributed by atoms with E-state index in [2.05, 4.69) is 5.10 Å². The zero-order valence-electron chi connectivity index (χ0n) is 16.3. The Labute approximate surface area is 168 Å². The topological polar surface area (TPSA) is 73.7 Å². The molecule has 4 rings (SSSR count). The molecule has 2 heterocycles. The molecule has 29 heavy (non-hydrogen) atoms. The van der Waals surface area contributed by atoms with Gasteiger partial charge in [-0.1, -0.05) is 18.2 Å². The number of anilines is 1. The number of benzene rings is 2. The van der Waals surface area contributed by atoms with Gasteiger partial charge < -0.3 is 14.4 Å². The number of rotatable bonds is 5. The number of hydrogen-bond donors (Lipinski definition) is 0. The van der Waals surface area contributed by atoms with Crippen LogP contribution in [0.2, 0.25) is 0 Å². The minimum absolute atomic E-state index is 0.202. The Hall–Kier alpha value is -3.61. The summed E-state index contributed by atoms with van der Waals surface area (Å²) < 4.78 is 11.9. The van der Waals surface area contributed by atoms with Gasteiger partial charge in [0.05, 0.1) is 19.4 Å². The van der Waals surface area contributed by atoms with E-state index in [4.69, 9.17) is 9.47 Å². The minimum atomic E-state index is -0.510. The molecule has 3 aromatic rings. The highest BCUT2D eigenvalue weighted by molar-refractivity contribution is 6.09. The van der Waals surface area contributed by atoms with Crippen molar-refractivity contribution in [3.63, 3.8) is 0 Å². The Morgan fingerprint density at radius 1 is 1.07 bits per heavy atom. The Balaban J connectivity index is 1.80. The predicted octanol–water partition coefficient (Wildman–Crippen LogP) is 3.26. The van der Waals surface area contributed by atoms with E-state index in [0.717, 1.165) is 11.4 Å². The molecular formula is C22H21N3O4. The maximum absolute atomic E-state index is 13.4. The molecule has 1 aromatic heterocycles. The first-order valence-corrected chi connectivity index (χ1v) is 9.44. The van der Waals surface area contributed by atoms with Crippen molar-refractivity contribution in [1.82, 2.24) is 9.78 Å². The lowest BCUT2D eigenvalue weighted by Crippen LogP contribution is -2.39. The minimum Gasteiger partial charge on any atom is -0.497 e. The van der Waals surface area contributed by atoms with Crippen LogP contribution in [0.5, 0.6) is 5.75 Å². The molecule has 0 atom stereocenters. The van der Waals surface area contributed by atoms with Crippen LogP contribution in [0.1, 0.15) is 33.5 Å². The summed E-state index contributed by atoms with van der Waals surface area (Å²) in [6.07, 6.45) is 0.508. The molecule has 7 nitrogen and oxygen atoms in total. The SMILES string of the molecule is CCOC(=O)c1nn(-c2ccccc2)c2c1CCN(c1ccc(OC)cc1)C2=O. The fraction of sp³-hybridized carbons (Fsp3) is 0.227. The summed E-state index contributed by atoms with van der Waals surface area (Å²) in [5.74, 6) is 0.00488. The number of esters is 1. The zero-order valence-corrected chi connectivity index (χ0v) is 16.3. The highest BCUT2D eigenvalue weighted by Crippen LogP contribution is 2.30. The van der Waals surface area contributed by atoms with Crippen molar-refractivity contribution in [3.8, 4) is 11.4 Å². The molecule has 0 fully saturated rings. The van der Waals surface area contributed by atoms with Gasteiger partial charge in [-0.15, -0.1) is 0 Å². The molecule has 2 aromatic carbocycles. The number of methoxy groups -OCH3 is 1. The first-order chi connectivity index (χ1) is 14.1. The molecule has 0 bridgehead atoms. The summed E-state index contributed by atoms with van der Waals surface area (Å²) in [6.45, 7) is 2.44. The van der Waals surface area contributed by atoms with Gasteiger partial charge in [0.15, 0.2) is 5.69 Å². The molecule has 1 amide bonds. The number of ether oxygens (including phenoxy) is 2. The van der Waals surface area contributed by atoms with Gasteiger partial charge in [-0.2, -0.15) is 5.10 Å². The molecule has 0 unspecified atom stereocenters. The van der Waals surface area contributed by atoms with Crippen LogP contribution in [0.4, 0.5) is 5.69 Å². The van der Waals surface area contributed by atoms with Crippen molar-refractivity contribution >= 4 is 17.6 Å². The second-order valence-electron chi connectivity index (χ2n) is 6.55. The fourth-order valence-electron chi connectivity index (χ4n) is 3.49. The summed E-state index contributed by atoms with van der Waals surface area (Å²) in [6, 6.07) is 16.6. The van der Waals surface area contributed by atoms with E-state index in [-0.39, 0.29) is 18.2 Å². The van der Waals surface area contributed by atoms with E-state index >= 15 is 0 Å². The van der Waals surface area contributed by atoms with E-state index in [1.54, 1.807) is 23.6 Å². The second kappa shape index (κ2) is 7.79. The van der Waals surface area contributed by atoms with Crippen LogP contribution < -0.4 is 9.64 Å². The molecule has 1 aliphatic rings. The van der Waals surface area contributed by atoms with Gasteiger partial charge in [0.25, 0.3) is 5.91 Å². The highest BCUT2D eigenvalue weighted by atomic mass is 16.5. The van der Waals surface area contributed by atoms with E-state index in [1.807, 2.05) is 54.6 Å². The molecule has 148 valence electrons. The van der Waals surface area contributed by atoms with E-state index in [9.17, 15) is 9.59 Å². The van der Waals surface area contributed by atoms with Crippen LogP contribution in [0.25, 0.3) is 5.69 Å². The van der Waals surface area contributed by atoms with Gasteiger partial charge in [0.1, 0.15) is 11.4 Å². The number of nitrogens with zero attached hydrogens (tertiary/aromatic N) is 3. The molecule has 0 spiro atoms. The van der Waals surface area contributed by atoms with Crippen molar-refractivity contribution in [1.29, 1.82) is 0 Å². The standard InChI is InChI=1S/C22H21N3O4/c1-3-29-22(27)19-18-13-14-24(15-9-11-17(28-2)12-10-15)21(26)20(18)25(23-19)16-7-5-4-6-8-16/h4-12H,3,13-14H2,1-2H3. The summed E-state index contributed by atoms with van der Waals surface area (Å²) >= 11 is 0. The summed E-state index contributed by atoms with van der Waals surface area (Å²) in [5, 5.41) is 4.46. The van der Waals surface area contributed by atoms with Gasteiger partial charge in [0, 0.05) is 17.8 Å². The molecule has 1 aliphatic heterocycles. The van der Waals surface area contributed by atoms with Crippen molar-refractivity contribution < 1.29 is 19.1 Å². The molecule has 0 N–H and O–H groups in total. The van der Waals surface area contributed by atoms with E-state index < -0.39 is 5.97 Å². The van der Waals surface area contributed by atoms with Crippen molar-refractivity contribution in [2.45, 2.75) is 13.3 Å². The van der Waals surface area contributed by atoms with Gasteiger partial charge in [-0.3, -0.25) is 4.79 Å². The van der Waals surface area contributed by atoms with Crippen molar-refractivity contribution in [2.24, 2.45) is 0 Å². The quantitative estimate of drug-likeness (QED) is 0.624. The number of carbonyl (C=O) groups excluding carboxylic acids is 2. The van der Waals surface area contributed by atoms with Crippen LogP contribution in [0, 0.1) is 0 Å². The van der Waals surface area contributed by atoms with Gasteiger partial charge in [-0.25, -0.2) is 9.48 Å². The Morgan fingerprint density at radius 3 is 2.45 bits per heavy atom. The number of para-hydroxylation sites is 1. The fourth-order valence-corrected chi connectivity index (χ4v) is 3.49. The number of aromatic nitrogens is 2. The second-order valence-corrected chi connectivity index (χ2v) is 6.55. The van der Waals surface area contributed by atoms with Crippen LogP contribution in [0.3, 0.4) is 0 Å². The Bertz CT molecular complexity index is 1040. The van der Waals surface area contributed by atoms with Crippen molar-refractivity contribution in [2.75, 3.05) is 25.2 Å². The molecule has 0 saturated heterocycles. The van der Waals surface area contributed by atoms with Gasteiger partial charge in [-0.05, 0) is 49.7 Å². The van der Waals surface area contributed by atoms with E-state index in [0.29, 0.717) is 29.9 Å². The number of fused-ring (bicyclic) bond motifs is 1. The molecule has 0 radical (unpaired) electrons. The lowest BCUT2D eigenvalue weighted by Gasteiger charge is -2.27. The number of amides is 1. The Kier molecular flexibility index (Phi) is 5.03. The normalized spacial score (nSPS) is 13.2. The third kappa shape index (κ3) is 3.35.